The zero-order valence-electron chi connectivity index (χ0n) is 19.1. The molecule has 4 aromatic rings. The summed E-state index contributed by atoms with van der Waals surface area (Å²) in [6.45, 7) is 0.647. The van der Waals surface area contributed by atoms with Crippen LogP contribution in [0.4, 0.5) is 18.9 Å². The van der Waals surface area contributed by atoms with Crippen molar-refractivity contribution in [3.63, 3.8) is 0 Å². The highest BCUT2D eigenvalue weighted by Crippen LogP contribution is 2.42. The fraction of sp³-hybridized carbons (Fsp3) is 0.217. The van der Waals surface area contributed by atoms with Crippen LogP contribution in [0.2, 0.25) is 0 Å². The number of ether oxygens (including phenoxy) is 2. The summed E-state index contributed by atoms with van der Waals surface area (Å²) in [5.41, 5.74) is -2.31. The van der Waals surface area contributed by atoms with Crippen LogP contribution < -0.4 is 10.1 Å². The van der Waals surface area contributed by atoms with Crippen molar-refractivity contribution in [3.8, 4) is 28.9 Å². The van der Waals surface area contributed by atoms with Gasteiger partial charge in [-0.15, -0.1) is 4.80 Å². The first-order valence-corrected chi connectivity index (χ1v) is 10.8. The van der Waals surface area contributed by atoms with Crippen LogP contribution >= 0.6 is 0 Å². The van der Waals surface area contributed by atoms with Gasteiger partial charge in [-0.25, -0.2) is 4.98 Å². The molecule has 37 heavy (non-hydrogen) atoms. The first-order chi connectivity index (χ1) is 17.8. The lowest BCUT2D eigenvalue weighted by Gasteiger charge is -2.27. The quantitative estimate of drug-likeness (QED) is 0.419. The molecule has 1 aromatic carbocycles. The third-order valence-corrected chi connectivity index (χ3v) is 5.44. The molecule has 0 atom stereocenters. The normalized spacial score (nSPS) is 13.6. The highest BCUT2D eigenvalue weighted by atomic mass is 19.4. The number of alkyl halides is 3. The number of rotatable bonds is 6. The number of anilines is 1. The van der Waals surface area contributed by atoms with E-state index in [1.54, 1.807) is 12.1 Å². The van der Waals surface area contributed by atoms with Crippen LogP contribution in [-0.2, 0) is 18.0 Å². The third-order valence-electron chi connectivity index (χ3n) is 5.44. The Labute approximate surface area is 207 Å². The molecule has 4 heterocycles. The van der Waals surface area contributed by atoms with Crippen LogP contribution in [0, 0.1) is 11.3 Å². The number of carbonyl (C=O) groups is 1. The van der Waals surface area contributed by atoms with Gasteiger partial charge in [-0.1, -0.05) is 12.1 Å². The molecule has 5 rings (SSSR count). The van der Waals surface area contributed by atoms with Gasteiger partial charge in [0.25, 0.3) is 5.91 Å². The van der Waals surface area contributed by atoms with Crippen LogP contribution in [0.25, 0.3) is 17.1 Å². The largest absolute Gasteiger partial charge is 0.485 e. The van der Waals surface area contributed by atoms with Crippen LogP contribution in [0.5, 0.6) is 5.75 Å². The van der Waals surface area contributed by atoms with E-state index in [1.165, 1.54) is 43.8 Å². The number of aryl methyl sites for hydroxylation is 1. The SMILES string of the molecule is Cn1nc(-c2ccccc2OC2COC2)c(C(F)(F)F)c1C(=O)Nc1cnc(-n2nccn2)c(C#N)c1. The van der Waals surface area contributed by atoms with Crippen molar-refractivity contribution in [2.45, 2.75) is 12.3 Å². The van der Waals surface area contributed by atoms with Gasteiger partial charge in [0.05, 0.1) is 37.5 Å². The second kappa shape index (κ2) is 9.36. The predicted octanol–water partition coefficient (Wildman–Crippen LogP) is 2.98. The monoisotopic (exact) mass is 510 g/mol. The molecule has 0 unspecified atom stereocenters. The van der Waals surface area contributed by atoms with E-state index in [1.807, 2.05) is 6.07 Å². The van der Waals surface area contributed by atoms with Gasteiger partial charge in [0, 0.05) is 12.6 Å². The molecule has 1 amide bonds. The number of pyridine rings is 1. The van der Waals surface area contributed by atoms with E-state index in [-0.39, 0.29) is 34.5 Å². The number of halogens is 3. The number of hydrogen-bond acceptors (Lipinski definition) is 8. The topological polar surface area (TPSA) is 133 Å². The molecule has 3 aromatic heterocycles. The summed E-state index contributed by atoms with van der Waals surface area (Å²) in [7, 11) is 1.24. The second-order valence-electron chi connectivity index (χ2n) is 7.95. The van der Waals surface area contributed by atoms with Crippen molar-refractivity contribution in [2.24, 2.45) is 7.05 Å². The lowest BCUT2D eigenvalue weighted by atomic mass is 10.0. The van der Waals surface area contributed by atoms with Gasteiger partial charge in [0.2, 0.25) is 0 Å². The summed E-state index contributed by atoms with van der Waals surface area (Å²) >= 11 is 0. The van der Waals surface area contributed by atoms with Crippen molar-refractivity contribution in [3.05, 3.63) is 65.7 Å². The fourth-order valence-corrected chi connectivity index (χ4v) is 3.75. The summed E-state index contributed by atoms with van der Waals surface area (Å²) in [6.07, 6.45) is -1.25. The van der Waals surface area contributed by atoms with Gasteiger partial charge in [-0.3, -0.25) is 9.48 Å². The molecular weight excluding hydrogens is 493 g/mol. The summed E-state index contributed by atoms with van der Waals surface area (Å²) in [5.74, 6) is -0.801. The number of para-hydroxylation sites is 1. The Morgan fingerprint density at radius 3 is 2.62 bits per heavy atom. The van der Waals surface area contributed by atoms with Gasteiger partial charge in [0.1, 0.15) is 40.4 Å². The number of hydrogen-bond donors (Lipinski definition) is 1. The molecule has 1 N–H and O–H groups in total. The zero-order valence-corrected chi connectivity index (χ0v) is 19.1. The molecule has 0 aliphatic carbocycles. The van der Waals surface area contributed by atoms with Crippen molar-refractivity contribution < 1.29 is 27.4 Å². The fourth-order valence-electron chi connectivity index (χ4n) is 3.75. The molecule has 1 aliphatic heterocycles. The standard InChI is InChI=1S/C23H17F3N8O3/c1-33-20(22(35)31-14-8-13(9-27)21(28-10-14)34-29-6-7-30-34)18(23(24,25)26)19(32-33)16-4-2-3-5-17(16)37-15-11-36-12-15/h2-8,10,15H,11-12H2,1H3,(H,31,35). The first-order valence-electron chi connectivity index (χ1n) is 10.8. The Morgan fingerprint density at radius 1 is 1.24 bits per heavy atom. The molecule has 0 saturated carbocycles. The average Bonchev–Trinajstić information content (AvgIpc) is 3.49. The van der Waals surface area contributed by atoms with Crippen molar-refractivity contribution in [1.29, 1.82) is 5.26 Å². The molecule has 188 valence electrons. The van der Waals surface area contributed by atoms with E-state index in [0.29, 0.717) is 13.2 Å². The second-order valence-corrected chi connectivity index (χ2v) is 7.95. The summed E-state index contributed by atoms with van der Waals surface area (Å²) in [6, 6.07) is 9.33. The number of aromatic nitrogens is 6. The number of amides is 1. The van der Waals surface area contributed by atoms with Gasteiger partial charge in [-0.05, 0) is 18.2 Å². The third kappa shape index (κ3) is 4.59. The van der Waals surface area contributed by atoms with E-state index in [4.69, 9.17) is 9.47 Å². The number of nitriles is 1. The molecule has 14 heteroatoms. The first kappa shape index (κ1) is 23.9. The van der Waals surface area contributed by atoms with Crippen molar-refractivity contribution in [1.82, 2.24) is 29.8 Å². The molecular formula is C23H17F3N8O3. The zero-order chi connectivity index (χ0) is 26.2. The summed E-state index contributed by atoms with van der Waals surface area (Å²) < 4.78 is 54.7. The lowest BCUT2D eigenvalue weighted by Crippen LogP contribution is -2.38. The Hall–Kier alpha value is -4.77. The lowest BCUT2D eigenvalue weighted by molar-refractivity contribution is -0.137. The van der Waals surface area contributed by atoms with Crippen LogP contribution in [0.15, 0.2) is 48.9 Å². The van der Waals surface area contributed by atoms with E-state index in [9.17, 15) is 23.2 Å². The summed E-state index contributed by atoms with van der Waals surface area (Å²) in [5, 5.41) is 23.7. The Morgan fingerprint density at radius 2 is 1.97 bits per heavy atom. The van der Waals surface area contributed by atoms with E-state index < -0.39 is 29.0 Å². The molecule has 1 aliphatic rings. The molecule has 1 fully saturated rings. The average molecular weight is 510 g/mol. The maximum atomic E-state index is 14.3. The number of nitrogens with one attached hydrogen (secondary N) is 1. The van der Waals surface area contributed by atoms with Crippen LogP contribution in [-0.4, -0.2) is 55.0 Å². The van der Waals surface area contributed by atoms with Crippen molar-refractivity contribution >= 4 is 11.6 Å². The summed E-state index contributed by atoms with van der Waals surface area (Å²) in [4.78, 5) is 18.3. The molecule has 1 saturated heterocycles. The highest BCUT2D eigenvalue weighted by molar-refractivity contribution is 6.05. The minimum Gasteiger partial charge on any atom is -0.485 e. The maximum Gasteiger partial charge on any atom is 0.420 e. The van der Waals surface area contributed by atoms with E-state index in [0.717, 1.165) is 9.48 Å². The Bertz CT molecular complexity index is 1500. The number of carbonyl (C=O) groups excluding carboxylic acids is 1. The molecule has 0 spiro atoms. The number of nitrogens with zero attached hydrogens (tertiary/aromatic N) is 7. The van der Waals surface area contributed by atoms with Crippen LogP contribution in [0.3, 0.4) is 0 Å². The highest BCUT2D eigenvalue weighted by Gasteiger charge is 2.43. The van der Waals surface area contributed by atoms with Crippen LogP contribution in [0.1, 0.15) is 21.6 Å². The van der Waals surface area contributed by atoms with Gasteiger partial charge in [0.15, 0.2) is 5.82 Å². The van der Waals surface area contributed by atoms with E-state index >= 15 is 0 Å². The van der Waals surface area contributed by atoms with E-state index in [2.05, 4.69) is 25.6 Å². The smallest absolute Gasteiger partial charge is 0.420 e. The van der Waals surface area contributed by atoms with Gasteiger partial charge < -0.3 is 14.8 Å². The maximum absolute atomic E-state index is 14.3. The molecule has 0 bridgehead atoms. The Kier molecular flexibility index (Phi) is 6.06. The predicted molar refractivity (Wildman–Crippen MR) is 121 cm³/mol. The van der Waals surface area contributed by atoms with Crippen molar-refractivity contribution in [2.75, 3.05) is 18.5 Å². The van der Waals surface area contributed by atoms with Gasteiger partial charge in [-0.2, -0.15) is 33.7 Å². The minimum absolute atomic E-state index is 0.00166. The molecule has 11 nitrogen and oxygen atoms in total. The number of benzene rings is 1. The van der Waals surface area contributed by atoms with Gasteiger partial charge >= 0.3 is 6.18 Å². The molecule has 0 radical (unpaired) electrons. The Balaban J connectivity index is 1.52. The minimum atomic E-state index is -4.92.